The van der Waals surface area contributed by atoms with Gasteiger partial charge in [-0.05, 0) is 50.9 Å². The largest absolute Gasteiger partial charge is 0.493 e. The van der Waals surface area contributed by atoms with E-state index in [0.717, 1.165) is 24.1 Å². The Labute approximate surface area is 134 Å². The molecule has 0 spiro atoms. The van der Waals surface area contributed by atoms with Crippen LogP contribution in [0.2, 0.25) is 0 Å². The van der Waals surface area contributed by atoms with Crippen LogP contribution in [0.4, 0.5) is 0 Å². The van der Waals surface area contributed by atoms with Crippen LogP contribution in [-0.2, 0) is 6.54 Å². The van der Waals surface area contributed by atoms with Gasteiger partial charge in [-0.3, -0.25) is 9.80 Å². The van der Waals surface area contributed by atoms with E-state index < -0.39 is 0 Å². The summed E-state index contributed by atoms with van der Waals surface area (Å²) in [6.07, 6.45) is 2.72. The Balaban J connectivity index is 1.69. The summed E-state index contributed by atoms with van der Waals surface area (Å²) in [6.45, 7) is 9.69. The van der Waals surface area contributed by atoms with E-state index in [0.29, 0.717) is 12.6 Å². The summed E-state index contributed by atoms with van der Waals surface area (Å²) in [4.78, 5) is 5.28. The second kappa shape index (κ2) is 6.88. The van der Waals surface area contributed by atoms with E-state index in [-0.39, 0.29) is 0 Å². The fourth-order valence-electron chi connectivity index (χ4n) is 3.79. The molecule has 4 nitrogen and oxygen atoms in total. The highest BCUT2D eigenvalue weighted by Gasteiger charge is 2.34. The molecule has 2 heterocycles. The van der Waals surface area contributed by atoms with Crippen LogP contribution in [0.25, 0.3) is 0 Å². The third-order valence-corrected chi connectivity index (χ3v) is 4.98. The van der Waals surface area contributed by atoms with Gasteiger partial charge in [-0.25, -0.2) is 0 Å². The minimum absolute atomic E-state index is 0.618. The number of benzene rings is 1. The van der Waals surface area contributed by atoms with Gasteiger partial charge in [0.15, 0.2) is 11.5 Å². The topological polar surface area (TPSA) is 24.9 Å². The van der Waals surface area contributed by atoms with E-state index in [1.54, 1.807) is 7.11 Å². The Kier molecular flexibility index (Phi) is 4.89. The van der Waals surface area contributed by atoms with Crippen molar-refractivity contribution in [2.75, 3.05) is 33.4 Å². The van der Waals surface area contributed by atoms with E-state index in [1.165, 1.54) is 38.0 Å². The quantitative estimate of drug-likeness (QED) is 0.835. The van der Waals surface area contributed by atoms with Gasteiger partial charge >= 0.3 is 0 Å². The van der Waals surface area contributed by atoms with Crippen molar-refractivity contribution >= 4 is 0 Å². The molecule has 2 aliphatic rings. The summed E-state index contributed by atoms with van der Waals surface area (Å²) in [5, 5.41) is 0. The van der Waals surface area contributed by atoms with Crippen LogP contribution in [-0.4, -0.2) is 55.2 Å². The van der Waals surface area contributed by atoms with Gasteiger partial charge in [-0.2, -0.15) is 0 Å². The number of hydrogen-bond donors (Lipinski definition) is 0. The predicted molar refractivity (Wildman–Crippen MR) is 88.6 cm³/mol. The van der Waals surface area contributed by atoms with Crippen molar-refractivity contribution in [2.45, 2.75) is 45.3 Å². The second-order valence-electron chi connectivity index (χ2n) is 6.49. The number of fused-ring (bicyclic) bond motifs is 1. The van der Waals surface area contributed by atoms with Gasteiger partial charge in [0.25, 0.3) is 0 Å². The van der Waals surface area contributed by atoms with Crippen LogP contribution in [0.5, 0.6) is 11.5 Å². The first-order valence-electron chi connectivity index (χ1n) is 8.49. The van der Waals surface area contributed by atoms with Crippen LogP contribution in [0, 0.1) is 0 Å². The molecule has 2 fully saturated rings. The molecule has 0 saturated carbocycles. The molecule has 122 valence electrons. The van der Waals surface area contributed by atoms with Gasteiger partial charge in [0, 0.05) is 31.7 Å². The lowest BCUT2D eigenvalue weighted by atomic mass is 10.1. The van der Waals surface area contributed by atoms with E-state index in [1.807, 2.05) is 13.0 Å². The number of piperazine rings is 1. The molecule has 0 aliphatic carbocycles. The average molecular weight is 304 g/mol. The maximum absolute atomic E-state index is 5.61. The first kappa shape index (κ1) is 15.6. The molecule has 0 bridgehead atoms. The number of hydrogen-bond acceptors (Lipinski definition) is 4. The highest BCUT2D eigenvalue weighted by atomic mass is 16.5. The van der Waals surface area contributed by atoms with Crippen molar-refractivity contribution in [1.29, 1.82) is 0 Å². The minimum atomic E-state index is 0.618. The van der Waals surface area contributed by atoms with Gasteiger partial charge in [0.1, 0.15) is 0 Å². The van der Waals surface area contributed by atoms with Crippen LogP contribution in [0.1, 0.15) is 32.3 Å². The molecule has 2 aliphatic heterocycles. The first-order valence-corrected chi connectivity index (χ1v) is 8.49. The number of ether oxygens (including phenoxy) is 2. The summed E-state index contributed by atoms with van der Waals surface area (Å²) in [5.74, 6) is 1.67. The maximum Gasteiger partial charge on any atom is 0.161 e. The summed E-state index contributed by atoms with van der Waals surface area (Å²) in [7, 11) is 1.71. The molecule has 1 aromatic rings. The normalized spacial score (nSPS) is 26.0. The second-order valence-corrected chi connectivity index (χ2v) is 6.49. The third kappa shape index (κ3) is 3.23. The van der Waals surface area contributed by atoms with Crippen LogP contribution in [0.15, 0.2) is 18.2 Å². The van der Waals surface area contributed by atoms with Crippen molar-refractivity contribution in [3.63, 3.8) is 0 Å². The van der Waals surface area contributed by atoms with E-state index in [9.17, 15) is 0 Å². The smallest absolute Gasteiger partial charge is 0.161 e. The SMILES string of the molecule is CCOc1ccc(CN2C[C@@H]3CCCN3C[C@H]2C)cc1OC. The number of methoxy groups -OCH3 is 1. The molecule has 22 heavy (non-hydrogen) atoms. The average Bonchev–Trinajstić information content (AvgIpc) is 2.96. The summed E-state index contributed by atoms with van der Waals surface area (Å²) >= 11 is 0. The first-order chi connectivity index (χ1) is 10.7. The lowest BCUT2D eigenvalue weighted by Gasteiger charge is -2.42. The lowest BCUT2D eigenvalue weighted by molar-refractivity contribution is 0.0540. The van der Waals surface area contributed by atoms with E-state index in [2.05, 4.69) is 28.9 Å². The Morgan fingerprint density at radius 1 is 1.23 bits per heavy atom. The molecule has 2 atom stereocenters. The molecule has 0 radical (unpaired) electrons. The molecule has 4 heteroatoms. The van der Waals surface area contributed by atoms with Crippen molar-refractivity contribution in [1.82, 2.24) is 9.80 Å². The van der Waals surface area contributed by atoms with Crippen molar-refractivity contribution in [3.8, 4) is 11.5 Å². The molecule has 0 aromatic heterocycles. The maximum atomic E-state index is 5.61. The van der Waals surface area contributed by atoms with Crippen molar-refractivity contribution < 1.29 is 9.47 Å². The third-order valence-electron chi connectivity index (χ3n) is 4.98. The molecule has 0 N–H and O–H groups in total. The summed E-state index contributed by atoms with van der Waals surface area (Å²) < 4.78 is 11.1. The van der Waals surface area contributed by atoms with Gasteiger partial charge in [0.05, 0.1) is 13.7 Å². The summed E-state index contributed by atoms with van der Waals surface area (Å²) in [5.41, 5.74) is 1.30. The Hall–Kier alpha value is -1.26. The van der Waals surface area contributed by atoms with Gasteiger partial charge in [0.2, 0.25) is 0 Å². The van der Waals surface area contributed by atoms with Crippen LogP contribution < -0.4 is 9.47 Å². The van der Waals surface area contributed by atoms with E-state index in [4.69, 9.17) is 9.47 Å². The zero-order valence-corrected chi connectivity index (χ0v) is 14.0. The molecule has 0 unspecified atom stereocenters. The predicted octanol–water partition coefficient (Wildman–Crippen LogP) is 2.76. The zero-order chi connectivity index (χ0) is 15.5. The highest BCUT2D eigenvalue weighted by Crippen LogP contribution is 2.30. The standard InChI is InChI=1S/C18H28N2O2/c1-4-22-17-8-7-15(10-18(17)21-3)12-20-13-16-6-5-9-19(16)11-14(20)2/h7-8,10,14,16H,4-6,9,11-13H2,1-3H3/t14-,16+/m1/s1. The number of nitrogens with zero attached hydrogens (tertiary/aromatic N) is 2. The number of rotatable bonds is 5. The monoisotopic (exact) mass is 304 g/mol. The highest BCUT2D eigenvalue weighted by molar-refractivity contribution is 5.43. The molecule has 1 aromatic carbocycles. The van der Waals surface area contributed by atoms with Crippen molar-refractivity contribution in [3.05, 3.63) is 23.8 Å². The zero-order valence-electron chi connectivity index (χ0n) is 14.0. The lowest BCUT2D eigenvalue weighted by Crippen LogP contribution is -2.54. The fraction of sp³-hybridized carbons (Fsp3) is 0.667. The van der Waals surface area contributed by atoms with Gasteiger partial charge in [-0.1, -0.05) is 6.07 Å². The molecule has 3 rings (SSSR count). The van der Waals surface area contributed by atoms with Crippen LogP contribution in [0.3, 0.4) is 0 Å². The Morgan fingerprint density at radius 2 is 2.09 bits per heavy atom. The Bertz CT molecular complexity index is 506. The fourth-order valence-corrected chi connectivity index (χ4v) is 3.79. The van der Waals surface area contributed by atoms with Crippen LogP contribution >= 0.6 is 0 Å². The molecular formula is C18H28N2O2. The minimum Gasteiger partial charge on any atom is -0.493 e. The van der Waals surface area contributed by atoms with Crippen molar-refractivity contribution in [2.24, 2.45) is 0 Å². The molecular weight excluding hydrogens is 276 g/mol. The van der Waals surface area contributed by atoms with Gasteiger partial charge < -0.3 is 9.47 Å². The van der Waals surface area contributed by atoms with E-state index >= 15 is 0 Å². The van der Waals surface area contributed by atoms with Gasteiger partial charge in [-0.15, -0.1) is 0 Å². The molecule has 0 amide bonds. The Morgan fingerprint density at radius 3 is 2.86 bits per heavy atom. The summed E-state index contributed by atoms with van der Waals surface area (Å²) in [6, 6.07) is 7.71. The molecule has 2 saturated heterocycles.